The zero-order valence-corrected chi connectivity index (χ0v) is 17.0. The number of nitrogens with one attached hydrogen (secondary N) is 1. The van der Waals surface area contributed by atoms with E-state index in [4.69, 9.17) is 4.74 Å². The topological polar surface area (TPSA) is 81.9 Å². The number of fused-ring (bicyclic) bond motifs is 1. The summed E-state index contributed by atoms with van der Waals surface area (Å²) >= 11 is 0. The maximum Gasteiger partial charge on any atom is 0.254 e. The average molecular weight is 401 g/mol. The first kappa shape index (κ1) is 19.6. The number of aromatic nitrogens is 4. The molecule has 4 rings (SSSR count). The van der Waals surface area contributed by atoms with Gasteiger partial charge in [-0.2, -0.15) is 5.10 Å². The minimum Gasteiger partial charge on any atom is -0.480 e. The van der Waals surface area contributed by atoms with Gasteiger partial charge in [-0.3, -0.25) is 4.79 Å². The summed E-state index contributed by atoms with van der Waals surface area (Å²) < 4.78 is 6.69. The molecule has 0 saturated heterocycles. The molecule has 1 N–H and O–H groups in total. The monoisotopic (exact) mass is 401 g/mol. The second kappa shape index (κ2) is 8.73. The van der Waals surface area contributed by atoms with Crippen LogP contribution in [0.25, 0.3) is 16.6 Å². The number of hydrogen-bond donors (Lipinski definition) is 1. The highest BCUT2D eigenvalue weighted by atomic mass is 16.5. The molecule has 0 aliphatic carbocycles. The van der Waals surface area contributed by atoms with E-state index in [1.807, 2.05) is 19.1 Å². The predicted molar refractivity (Wildman–Crippen MR) is 115 cm³/mol. The molecular weight excluding hydrogens is 378 g/mol. The van der Waals surface area contributed by atoms with Gasteiger partial charge in [0.15, 0.2) is 5.82 Å². The molecule has 7 nitrogen and oxygen atoms in total. The zero-order valence-electron chi connectivity index (χ0n) is 17.0. The summed E-state index contributed by atoms with van der Waals surface area (Å²) in [5.74, 6) is 0.831. The van der Waals surface area contributed by atoms with E-state index in [2.05, 4.69) is 50.9 Å². The molecule has 0 radical (unpaired) electrons. The standard InChI is InChI=1S/C23H23N5O2/c1-3-20-19(15-25-28(20)21-11-12-22(30-2)27-26-21)23(29)24-14-13-17-9-6-8-16-7-4-5-10-18(16)17/h4-12,15H,3,13-14H2,1-2H3,(H,24,29). The van der Waals surface area contributed by atoms with E-state index in [0.29, 0.717) is 30.2 Å². The van der Waals surface area contributed by atoms with Crippen molar-refractivity contribution in [2.75, 3.05) is 13.7 Å². The molecule has 2 aromatic heterocycles. The largest absolute Gasteiger partial charge is 0.480 e. The molecule has 152 valence electrons. The zero-order chi connectivity index (χ0) is 20.9. The number of carbonyl (C=O) groups excluding carboxylic acids is 1. The highest BCUT2D eigenvalue weighted by Crippen LogP contribution is 2.19. The Morgan fingerprint density at radius 1 is 1.07 bits per heavy atom. The smallest absolute Gasteiger partial charge is 0.254 e. The van der Waals surface area contributed by atoms with Crippen molar-refractivity contribution in [3.05, 3.63) is 77.6 Å². The highest BCUT2D eigenvalue weighted by Gasteiger charge is 2.18. The van der Waals surface area contributed by atoms with Crippen LogP contribution in [0.2, 0.25) is 0 Å². The van der Waals surface area contributed by atoms with Gasteiger partial charge in [-0.15, -0.1) is 10.2 Å². The van der Waals surface area contributed by atoms with Crippen molar-refractivity contribution in [1.82, 2.24) is 25.3 Å². The van der Waals surface area contributed by atoms with Gasteiger partial charge in [0.25, 0.3) is 5.91 Å². The molecule has 0 atom stereocenters. The van der Waals surface area contributed by atoms with Crippen LogP contribution in [0.15, 0.2) is 60.8 Å². The van der Waals surface area contributed by atoms with E-state index in [9.17, 15) is 4.79 Å². The van der Waals surface area contributed by atoms with Crippen LogP contribution in [0, 0.1) is 0 Å². The minimum absolute atomic E-state index is 0.139. The lowest BCUT2D eigenvalue weighted by Crippen LogP contribution is -2.26. The van der Waals surface area contributed by atoms with Crippen LogP contribution in [0.4, 0.5) is 0 Å². The number of benzene rings is 2. The summed E-state index contributed by atoms with van der Waals surface area (Å²) in [5.41, 5.74) is 2.55. The molecule has 2 heterocycles. The normalized spacial score (nSPS) is 10.9. The second-order valence-corrected chi connectivity index (χ2v) is 6.85. The Kier molecular flexibility index (Phi) is 5.70. The minimum atomic E-state index is -0.139. The molecular formula is C23H23N5O2. The number of amides is 1. The summed E-state index contributed by atoms with van der Waals surface area (Å²) in [4.78, 5) is 12.8. The third-order valence-corrected chi connectivity index (χ3v) is 5.06. The van der Waals surface area contributed by atoms with Crippen molar-refractivity contribution in [2.24, 2.45) is 0 Å². The van der Waals surface area contributed by atoms with Crippen molar-refractivity contribution < 1.29 is 9.53 Å². The molecule has 0 aliphatic heterocycles. The average Bonchev–Trinajstić information content (AvgIpc) is 3.23. The molecule has 0 unspecified atom stereocenters. The predicted octanol–water partition coefficient (Wildman–Crippen LogP) is 3.36. The third kappa shape index (κ3) is 3.87. The Bertz CT molecular complexity index is 1160. The maximum absolute atomic E-state index is 12.8. The van der Waals surface area contributed by atoms with E-state index in [-0.39, 0.29) is 5.91 Å². The van der Waals surface area contributed by atoms with Gasteiger partial charge in [0.2, 0.25) is 5.88 Å². The van der Waals surface area contributed by atoms with E-state index >= 15 is 0 Å². The fourth-order valence-electron chi connectivity index (χ4n) is 3.55. The quantitative estimate of drug-likeness (QED) is 0.514. The van der Waals surface area contributed by atoms with E-state index < -0.39 is 0 Å². The first-order valence-corrected chi connectivity index (χ1v) is 9.91. The fraction of sp³-hybridized carbons (Fsp3) is 0.217. The van der Waals surface area contributed by atoms with Crippen LogP contribution < -0.4 is 10.1 Å². The van der Waals surface area contributed by atoms with Gasteiger partial charge in [0.05, 0.1) is 24.6 Å². The molecule has 1 amide bonds. The number of carbonyl (C=O) groups is 1. The van der Waals surface area contributed by atoms with Crippen molar-refractivity contribution in [2.45, 2.75) is 19.8 Å². The Morgan fingerprint density at radius 2 is 1.90 bits per heavy atom. The number of nitrogens with zero attached hydrogens (tertiary/aromatic N) is 4. The van der Waals surface area contributed by atoms with Crippen LogP contribution in [0.3, 0.4) is 0 Å². The summed E-state index contributed by atoms with van der Waals surface area (Å²) in [7, 11) is 1.54. The van der Waals surface area contributed by atoms with Crippen LogP contribution in [0.5, 0.6) is 5.88 Å². The van der Waals surface area contributed by atoms with E-state index in [0.717, 1.165) is 12.1 Å². The van der Waals surface area contributed by atoms with Gasteiger partial charge in [-0.1, -0.05) is 49.4 Å². The van der Waals surface area contributed by atoms with Crippen molar-refractivity contribution in [1.29, 1.82) is 0 Å². The van der Waals surface area contributed by atoms with Crippen LogP contribution in [-0.4, -0.2) is 39.5 Å². The Balaban J connectivity index is 1.47. The number of rotatable bonds is 7. The first-order valence-electron chi connectivity index (χ1n) is 9.91. The highest BCUT2D eigenvalue weighted by molar-refractivity contribution is 5.95. The third-order valence-electron chi connectivity index (χ3n) is 5.06. The molecule has 30 heavy (non-hydrogen) atoms. The first-order chi connectivity index (χ1) is 14.7. The van der Waals surface area contributed by atoms with Gasteiger partial charge in [-0.05, 0) is 35.2 Å². The van der Waals surface area contributed by atoms with Gasteiger partial charge in [0, 0.05) is 12.6 Å². The van der Waals surface area contributed by atoms with Crippen molar-refractivity contribution in [3.63, 3.8) is 0 Å². The molecule has 0 spiro atoms. The molecule has 0 fully saturated rings. The van der Waals surface area contributed by atoms with Crippen molar-refractivity contribution >= 4 is 16.7 Å². The van der Waals surface area contributed by atoms with Crippen molar-refractivity contribution in [3.8, 4) is 11.7 Å². The fourth-order valence-corrected chi connectivity index (χ4v) is 3.55. The van der Waals surface area contributed by atoms with Crippen LogP contribution in [-0.2, 0) is 12.8 Å². The summed E-state index contributed by atoms with van der Waals surface area (Å²) in [6.07, 6.45) is 2.98. The number of ether oxygens (including phenoxy) is 1. The van der Waals surface area contributed by atoms with Gasteiger partial charge >= 0.3 is 0 Å². The number of hydrogen-bond acceptors (Lipinski definition) is 5. The Morgan fingerprint density at radius 3 is 2.67 bits per heavy atom. The number of methoxy groups -OCH3 is 1. The SMILES string of the molecule is CCc1c(C(=O)NCCc2cccc3ccccc23)cnn1-c1ccc(OC)nn1. The molecule has 4 aromatic rings. The molecule has 0 aliphatic rings. The van der Waals surface area contributed by atoms with E-state index in [1.165, 1.54) is 23.4 Å². The summed E-state index contributed by atoms with van der Waals surface area (Å²) in [6, 6.07) is 18.0. The Labute approximate surface area is 174 Å². The summed E-state index contributed by atoms with van der Waals surface area (Å²) in [6.45, 7) is 2.53. The van der Waals surface area contributed by atoms with Gasteiger partial charge < -0.3 is 10.1 Å². The Hall–Kier alpha value is -3.74. The molecule has 7 heteroatoms. The second-order valence-electron chi connectivity index (χ2n) is 6.85. The van der Waals surface area contributed by atoms with Gasteiger partial charge in [-0.25, -0.2) is 4.68 Å². The molecule has 0 saturated carbocycles. The van der Waals surface area contributed by atoms with Crippen LogP contribution >= 0.6 is 0 Å². The van der Waals surface area contributed by atoms with Gasteiger partial charge in [0.1, 0.15) is 0 Å². The molecule has 2 aromatic carbocycles. The lowest BCUT2D eigenvalue weighted by atomic mass is 10.0. The summed E-state index contributed by atoms with van der Waals surface area (Å²) in [5, 5.41) is 17.9. The van der Waals surface area contributed by atoms with Crippen LogP contribution in [0.1, 0.15) is 28.5 Å². The lowest BCUT2D eigenvalue weighted by molar-refractivity contribution is 0.0953. The molecule has 0 bridgehead atoms. The van der Waals surface area contributed by atoms with E-state index in [1.54, 1.807) is 23.0 Å². The maximum atomic E-state index is 12.8. The lowest BCUT2D eigenvalue weighted by Gasteiger charge is -2.09.